The monoisotopic (exact) mass is 279 g/mol. The van der Waals surface area contributed by atoms with Crippen molar-refractivity contribution in [3.8, 4) is 11.5 Å². The molecule has 2 aromatic rings. The van der Waals surface area contributed by atoms with E-state index >= 15 is 0 Å². The number of aliphatic carboxylic acids is 1. The highest BCUT2D eigenvalue weighted by molar-refractivity contribution is 7.07. The minimum absolute atomic E-state index is 0.188. The van der Waals surface area contributed by atoms with Gasteiger partial charge in [-0.2, -0.15) is 4.98 Å². The zero-order valence-corrected chi connectivity index (χ0v) is 11.1. The normalized spacial score (nSPS) is 26.7. The number of rotatable bonds is 3. The topological polar surface area (TPSA) is 89.1 Å². The standard InChI is InChI=1S/C12H13N3O3S/c1-6-2-7(8(3-6)12(16)17)11-14-10(15-18-11)9-4-19-5-13-9/h4-8H,2-3H2,1H3,(H,16,17). The van der Waals surface area contributed by atoms with Gasteiger partial charge in [0, 0.05) is 5.38 Å². The minimum atomic E-state index is -0.789. The molecule has 7 heteroatoms. The third-order valence-electron chi connectivity index (χ3n) is 3.54. The summed E-state index contributed by atoms with van der Waals surface area (Å²) in [4.78, 5) is 19.7. The molecule has 0 aromatic carbocycles. The Bertz CT molecular complexity index is 581. The van der Waals surface area contributed by atoms with Gasteiger partial charge >= 0.3 is 5.97 Å². The van der Waals surface area contributed by atoms with Crippen LogP contribution in [0.15, 0.2) is 15.4 Å². The Balaban J connectivity index is 1.88. The third kappa shape index (κ3) is 2.25. The molecule has 0 saturated heterocycles. The van der Waals surface area contributed by atoms with E-state index < -0.39 is 11.9 Å². The second-order valence-electron chi connectivity index (χ2n) is 4.96. The number of nitrogens with zero attached hydrogens (tertiary/aromatic N) is 3. The number of carbonyl (C=O) groups is 1. The molecule has 100 valence electrons. The van der Waals surface area contributed by atoms with E-state index in [1.54, 1.807) is 5.51 Å². The predicted molar refractivity (Wildman–Crippen MR) is 67.7 cm³/mol. The molecule has 1 fully saturated rings. The molecule has 0 radical (unpaired) electrons. The van der Waals surface area contributed by atoms with Crippen LogP contribution >= 0.6 is 11.3 Å². The third-order valence-corrected chi connectivity index (χ3v) is 4.12. The molecule has 0 aliphatic heterocycles. The van der Waals surface area contributed by atoms with Gasteiger partial charge in [-0.1, -0.05) is 12.1 Å². The van der Waals surface area contributed by atoms with Crippen molar-refractivity contribution in [1.82, 2.24) is 15.1 Å². The van der Waals surface area contributed by atoms with Crippen molar-refractivity contribution < 1.29 is 14.4 Å². The van der Waals surface area contributed by atoms with Gasteiger partial charge < -0.3 is 9.63 Å². The van der Waals surface area contributed by atoms with Crippen LogP contribution in [0.2, 0.25) is 0 Å². The number of thiazole rings is 1. The van der Waals surface area contributed by atoms with Gasteiger partial charge in [0.2, 0.25) is 11.7 Å². The van der Waals surface area contributed by atoms with E-state index in [1.165, 1.54) is 11.3 Å². The second kappa shape index (κ2) is 4.73. The van der Waals surface area contributed by atoms with Crippen molar-refractivity contribution in [1.29, 1.82) is 0 Å². The number of carboxylic acids is 1. The van der Waals surface area contributed by atoms with E-state index in [0.29, 0.717) is 29.7 Å². The molecular weight excluding hydrogens is 266 g/mol. The Morgan fingerprint density at radius 2 is 2.37 bits per heavy atom. The lowest BCUT2D eigenvalue weighted by Gasteiger charge is -2.09. The summed E-state index contributed by atoms with van der Waals surface area (Å²) in [5, 5.41) is 15.0. The molecule has 1 aliphatic carbocycles. The van der Waals surface area contributed by atoms with Gasteiger partial charge in [-0.15, -0.1) is 11.3 Å². The number of hydrogen-bond donors (Lipinski definition) is 1. The molecule has 2 aromatic heterocycles. The zero-order chi connectivity index (χ0) is 13.4. The van der Waals surface area contributed by atoms with E-state index in [4.69, 9.17) is 4.52 Å². The molecule has 3 atom stereocenters. The summed E-state index contributed by atoms with van der Waals surface area (Å²) < 4.78 is 5.24. The molecule has 19 heavy (non-hydrogen) atoms. The molecule has 0 spiro atoms. The van der Waals surface area contributed by atoms with Crippen LogP contribution < -0.4 is 0 Å². The van der Waals surface area contributed by atoms with E-state index in [0.717, 1.165) is 6.42 Å². The molecular formula is C12H13N3O3S. The molecule has 6 nitrogen and oxygen atoms in total. The molecule has 1 N–H and O–H groups in total. The van der Waals surface area contributed by atoms with Gasteiger partial charge in [-0.25, -0.2) is 4.98 Å². The summed E-state index contributed by atoms with van der Waals surface area (Å²) in [6.07, 6.45) is 1.43. The van der Waals surface area contributed by atoms with Gasteiger partial charge in [0.05, 0.1) is 17.3 Å². The van der Waals surface area contributed by atoms with Crippen LogP contribution in [0.25, 0.3) is 11.5 Å². The second-order valence-corrected chi connectivity index (χ2v) is 5.68. The van der Waals surface area contributed by atoms with Crippen molar-refractivity contribution in [2.24, 2.45) is 11.8 Å². The van der Waals surface area contributed by atoms with Crippen LogP contribution in [0, 0.1) is 11.8 Å². The molecule has 3 unspecified atom stereocenters. The van der Waals surface area contributed by atoms with Gasteiger partial charge in [-0.05, 0) is 18.8 Å². The Kier molecular flexibility index (Phi) is 3.06. The molecule has 0 amide bonds. The molecule has 1 aliphatic rings. The Morgan fingerprint density at radius 1 is 1.53 bits per heavy atom. The van der Waals surface area contributed by atoms with Crippen LogP contribution in [-0.4, -0.2) is 26.2 Å². The average Bonchev–Trinajstić information content (AvgIpc) is 3.07. The van der Waals surface area contributed by atoms with Gasteiger partial charge in [-0.3, -0.25) is 4.79 Å². The summed E-state index contributed by atoms with van der Waals surface area (Å²) in [6.45, 7) is 2.05. The summed E-state index contributed by atoms with van der Waals surface area (Å²) in [5.41, 5.74) is 2.36. The fourth-order valence-electron chi connectivity index (χ4n) is 2.65. The first-order valence-corrected chi connectivity index (χ1v) is 7.04. The fraction of sp³-hybridized carbons (Fsp3) is 0.500. The quantitative estimate of drug-likeness (QED) is 0.928. The SMILES string of the molecule is CC1CC(C(=O)O)C(c2nc(-c3cscn3)no2)C1. The minimum Gasteiger partial charge on any atom is -0.481 e. The lowest BCUT2D eigenvalue weighted by molar-refractivity contribution is -0.142. The molecule has 3 rings (SSSR count). The van der Waals surface area contributed by atoms with Crippen molar-refractivity contribution >= 4 is 17.3 Å². The van der Waals surface area contributed by atoms with E-state index in [-0.39, 0.29) is 5.92 Å². The predicted octanol–water partition coefficient (Wildman–Crippen LogP) is 2.41. The van der Waals surface area contributed by atoms with E-state index in [1.807, 2.05) is 12.3 Å². The molecule has 0 bridgehead atoms. The first-order chi connectivity index (χ1) is 9.15. The van der Waals surface area contributed by atoms with Crippen LogP contribution in [0.4, 0.5) is 0 Å². The maximum Gasteiger partial charge on any atom is 0.307 e. The molecule has 1 saturated carbocycles. The van der Waals surface area contributed by atoms with E-state index in [2.05, 4.69) is 15.1 Å². The van der Waals surface area contributed by atoms with Crippen LogP contribution in [0.1, 0.15) is 31.6 Å². The first-order valence-electron chi connectivity index (χ1n) is 6.10. The Hall–Kier alpha value is -1.76. The van der Waals surface area contributed by atoms with Crippen molar-refractivity contribution in [3.05, 3.63) is 16.8 Å². The van der Waals surface area contributed by atoms with Gasteiger partial charge in [0.25, 0.3) is 0 Å². The number of hydrogen-bond acceptors (Lipinski definition) is 6. The summed E-state index contributed by atoms with van der Waals surface area (Å²) in [5.74, 6) is -0.200. The first kappa shape index (κ1) is 12.3. The van der Waals surface area contributed by atoms with E-state index in [9.17, 15) is 9.90 Å². The highest BCUT2D eigenvalue weighted by Crippen LogP contribution is 2.42. The smallest absolute Gasteiger partial charge is 0.307 e. The molecule has 2 heterocycles. The van der Waals surface area contributed by atoms with Crippen molar-refractivity contribution in [3.63, 3.8) is 0 Å². The summed E-state index contributed by atoms with van der Waals surface area (Å²) in [6, 6.07) is 0. The van der Waals surface area contributed by atoms with Gasteiger partial charge in [0.15, 0.2) is 0 Å². The average molecular weight is 279 g/mol. The van der Waals surface area contributed by atoms with Crippen LogP contribution in [0.5, 0.6) is 0 Å². The highest BCUT2D eigenvalue weighted by atomic mass is 32.1. The Morgan fingerprint density at radius 3 is 3.05 bits per heavy atom. The fourth-order valence-corrected chi connectivity index (χ4v) is 3.18. The van der Waals surface area contributed by atoms with Crippen molar-refractivity contribution in [2.75, 3.05) is 0 Å². The van der Waals surface area contributed by atoms with Crippen LogP contribution in [-0.2, 0) is 4.79 Å². The highest BCUT2D eigenvalue weighted by Gasteiger charge is 2.41. The number of carboxylic acid groups (broad SMARTS) is 1. The summed E-state index contributed by atoms with van der Waals surface area (Å²) in [7, 11) is 0. The zero-order valence-electron chi connectivity index (χ0n) is 10.3. The summed E-state index contributed by atoms with van der Waals surface area (Å²) >= 11 is 1.45. The maximum atomic E-state index is 11.3. The Labute approximate surface area is 113 Å². The van der Waals surface area contributed by atoms with Crippen LogP contribution in [0.3, 0.4) is 0 Å². The number of aromatic nitrogens is 3. The van der Waals surface area contributed by atoms with Crippen molar-refractivity contribution in [2.45, 2.75) is 25.7 Å². The van der Waals surface area contributed by atoms with Gasteiger partial charge in [0.1, 0.15) is 5.69 Å². The lowest BCUT2D eigenvalue weighted by Crippen LogP contribution is -2.17. The largest absolute Gasteiger partial charge is 0.481 e. The lowest BCUT2D eigenvalue weighted by atomic mass is 9.96. The maximum absolute atomic E-state index is 11.3.